The summed E-state index contributed by atoms with van der Waals surface area (Å²) in [5, 5.41) is 32.1. The molecule has 25 heavy (non-hydrogen) atoms. The summed E-state index contributed by atoms with van der Waals surface area (Å²) in [6.45, 7) is 4.88. The van der Waals surface area contributed by atoms with Gasteiger partial charge in [0.05, 0.1) is 23.8 Å². The number of benzene rings is 1. The number of amides is 1. The molecule has 1 fully saturated rings. The molecular weight excluding hydrogens is 324 g/mol. The first-order chi connectivity index (χ1) is 11.7. The topological polar surface area (TPSA) is 110 Å². The fourth-order valence-corrected chi connectivity index (χ4v) is 3.03. The zero-order chi connectivity index (χ0) is 18.6. The van der Waals surface area contributed by atoms with Crippen LogP contribution in [-0.4, -0.2) is 63.4 Å². The summed E-state index contributed by atoms with van der Waals surface area (Å²) in [6, 6.07) is 4.81. The molecule has 1 heterocycles. The number of aryl methyl sites for hydroxylation is 1. The van der Waals surface area contributed by atoms with Gasteiger partial charge in [0.1, 0.15) is 0 Å². The molecular formula is C18H26N2O5. The third-order valence-electron chi connectivity index (χ3n) is 4.96. The van der Waals surface area contributed by atoms with Crippen molar-refractivity contribution in [3.05, 3.63) is 34.9 Å². The lowest BCUT2D eigenvalue weighted by atomic mass is 9.86. The molecule has 2 atom stereocenters. The summed E-state index contributed by atoms with van der Waals surface area (Å²) in [7, 11) is 0. The van der Waals surface area contributed by atoms with Crippen molar-refractivity contribution in [2.75, 3.05) is 19.6 Å². The van der Waals surface area contributed by atoms with E-state index in [1.807, 2.05) is 18.7 Å². The predicted octanol–water partition coefficient (Wildman–Crippen LogP) is 0.517. The van der Waals surface area contributed by atoms with E-state index in [9.17, 15) is 19.8 Å². The van der Waals surface area contributed by atoms with Crippen molar-refractivity contribution in [3.8, 4) is 0 Å². The molecule has 0 spiro atoms. The zero-order valence-corrected chi connectivity index (χ0v) is 14.7. The summed E-state index contributed by atoms with van der Waals surface area (Å²) in [5.74, 6) is -1.20. The Hall–Kier alpha value is -1.96. The van der Waals surface area contributed by atoms with E-state index in [4.69, 9.17) is 5.11 Å². The molecule has 7 heteroatoms. The second-order valence-electron chi connectivity index (χ2n) is 6.68. The molecule has 2 rings (SSSR count). The van der Waals surface area contributed by atoms with Gasteiger partial charge in [-0.1, -0.05) is 13.0 Å². The Morgan fingerprint density at radius 3 is 2.72 bits per heavy atom. The van der Waals surface area contributed by atoms with Crippen LogP contribution in [-0.2, 0) is 11.3 Å². The number of carboxylic acids is 1. The fourth-order valence-electron chi connectivity index (χ4n) is 3.03. The van der Waals surface area contributed by atoms with E-state index >= 15 is 0 Å². The van der Waals surface area contributed by atoms with Crippen molar-refractivity contribution in [2.24, 2.45) is 0 Å². The Morgan fingerprint density at radius 1 is 1.40 bits per heavy atom. The minimum Gasteiger partial charge on any atom is -0.478 e. The quantitative estimate of drug-likeness (QED) is 0.595. The Kier molecular flexibility index (Phi) is 6.16. The number of aromatic carboxylic acids is 1. The van der Waals surface area contributed by atoms with Crippen LogP contribution >= 0.6 is 0 Å². The van der Waals surface area contributed by atoms with Crippen LogP contribution in [0.25, 0.3) is 0 Å². The van der Waals surface area contributed by atoms with Crippen LogP contribution in [0.3, 0.4) is 0 Å². The molecule has 1 aromatic carbocycles. The van der Waals surface area contributed by atoms with Gasteiger partial charge in [-0.25, -0.2) is 4.79 Å². The van der Waals surface area contributed by atoms with Crippen molar-refractivity contribution in [1.29, 1.82) is 0 Å². The van der Waals surface area contributed by atoms with Gasteiger partial charge in [-0.3, -0.25) is 9.69 Å². The van der Waals surface area contributed by atoms with Crippen molar-refractivity contribution in [1.82, 2.24) is 10.2 Å². The highest BCUT2D eigenvalue weighted by Gasteiger charge is 2.39. The second kappa shape index (κ2) is 7.95. The van der Waals surface area contributed by atoms with Gasteiger partial charge in [0.25, 0.3) is 0 Å². The fraction of sp³-hybridized carbons (Fsp3) is 0.556. The lowest BCUT2D eigenvalue weighted by molar-refractivity contribution is -0.133. The highest BCUT2D eigenvalue weighted by Crippen LogP contribution is 2.25. The molecule has 0 aliphatic carbocycles. The molecule has 1 aliphatic rings. The maximum atomic E-state index is 12.1. The van der Waals surface area contributed by atoms with Crippen molar-refractivity contribution in [3.63, 3.8) is 0 Å². The average molecular weight is 350 g/mol. The maximum absolute atomic E-state index is 12.1. The molecule has 1 saturated heterocycles. The van der Waals surface area contributed by atoms with E-state index in [1.165, 1.54) is 6.07 Å². The molecule has 7 nitrogen and oxygen atoms in total. The van der Waals surface area contributed by atoms with E-state index in [0.29, 0.717) is 19.4 Å². The molecule has 1 aromatic rings. The largest absolute Gasteiger partial charge is 0.478 e. The molecule has 1 aliphatic heterocycles. The van der Waals surface area contributed by atoms with Crippen LogP contribution in [0.15, 0.2) is 18.2 Å². The molecule has 0 unspecified atom stereocenters. The third kappa shape index (κ3) is 4.78. The monoisotopic (exact) mass is 350 g/mol. The number of aliphatic hydroxyl groups is 2. The number of hydrogen-bond donors (Lipinski definition) is 4. The number of β-amino-alcohol motifs (C(OH)–C–C–N with tert-alkyl or cyclic N) is 1. The van der Waals surface area contributed by atoms with Gasteiger partial charge in [0.2, 0.25) is 5.91 Å². The second-order valence-corrected chi connectivity index (χ2v) is 6.68. The number of carbonyl (C=O) groups is 2. The summed E-state index contributed by atoms with van der Waals surface area (Å²) in [6.07, 6.45) is 0.0408. The SMILES string of the molecule is CC[C@@]1(O)CCN(CC(=O)NCc2cc(C(=O)O)ccc2C)C[C@H]1O. The van der Waals surface area contributed by atoms with Gasteiger partial charge in [0.15, 0.2) is 0 Å². The lowest BCUT2D eigenvalue weighted by Gasteiger charge is -2.41. The molecule has 0 saturated carbocycles. The summed E-state index contributed by atoms with van der Waals surface area (Å²) in [5.41, 5.74) is 0.785. The number of hydrogen-bond acceptors (Lipinski definition) is 5. The maximum Gasteiger partial charge on any atom is 0.335 e. The van der Waals surface area contributed by atoms with Crippen LogP contribution < -0.4 is 5.32 Å². The van der Waals surface area contributed by atoms with Gasteiger partial charge >= 0.3 is 5.97 Å². The number of likely N-dealkylation sites (tertiary alicyclic amines) is 1. The number of piperidine rings is 1. The Morgan fingerprint density at radius 2 is 2.12 bits per heavy atom. The van der Waals surface area contributed by atoms with Crippen LogP contribution in [0.1, 0.15) is 41.3 Å². The molecule has 0 aromatic heterocycles. The van der Waals surface area contributed by atoms with Crippen LogP contribution in [0.4, 0.5) is 0 Å². The molecule has 138 valence electrons. The van der Waals surface area contributed by atoms with Gasteiger partial charge in [-0.05, 0) is 43.0 Å². The van der Waals surface area contributed by atoms with Gasteiger partial charge in [-0.15, -0.1) is 0 Å². The van der Waals surface area contributed by atoms with E-state index in [2.05, 4.69) is 5.32 Å². The van der Waals surface area contributed by atoms with E-state index < -0.39 is 17.7 Å². The van der Waals surface area contributed by atoms with Crippen molar-refractivity contribution in [2.45, 2.75) is 44.9 Å². The van der Waals surface area contributed by atoms with Crippen LogP contribution in [0.5, 0.6) is 0 Å². The van der Waals surface area contributed by atoms with Gasteiger partial charge < -0.3 is 20.6 Å². The standard InChI is InChI=1S/C18H26N2O5/c1-3-18(25)6-7-20(10-15(18)21)11-16(22)19-9-14-8-13(17(23)24)5-4-12(14)2/h4-5,8,15,21,25H,3,6-7,9-11H2,1-2H3,(H,19,22)(H,23,24)/t15-,18-/m1/s1. The number of aliphatic hydroxyl groups excluding tert-OH is 1. The van der Waals surface area contributed by atoms with Crippen LogP contribution in [0.2, 0.25) is 0 Å². The number of rotatable bonds is 6. The Bertz CT molecular complexity index is 648. The Balaban J connectivity index is 1.88. The van der Waals surface area contributed by atoms with Gasteiger partial charge in [0, 0.05) is 19.6 Å². The van der Waals surface area contributed by atoms with E-state index in [-0.39, 0.29) is 31.1 Å². The first-order valence-electron chi connectivity index (χ1n) is 8.47. The van der Waals surface area contributed by atoms with Crippen molar-refractivity contribution < 1.29 is 24.9 Å². The lowest BCUT2D eigenvalue weighted by Crippen LogP contribution is -2.56. The van der Waals surface area contributed by atoms with E-state index in [0.717, 1.165) is 11.1 Å². The van der Waals surface area contributed by atoms with Gasteiger partial charge in [-0.2, -0.15) is 0 Å². The minimum absolute atomic E-state index is 0.133. The summed E-state index contributed by atoms with van der Waals surface area (Å²) in [4.78, 5) is 25.0. The van der Waals surface area contributed by atoms with E-state index in [1.54, 1.807) is 12.1 Å². The highest BCUT2D eigenvalue weighted by molar-refractivity contribution is 5.88. The third-order valence-corrected chi connectivity index (χ3v) is 4.96. The predicted molar refractivity (Wildman–Crippen MR) is 92.3 cm³/mol. The molecule has 4 N–H and O–H groups in total. The Labute approximate surface area is 147 Å². The first kappa shape index (κ1) is 19.4. The molecule has 0 bridgehead atoms. The average Bonchev–Trinajstić information content (AvgIpc) is 2.57. The van der Waals surface area contributed by atoms with Crippen LogP contribution in [0, 0.1) is 6.92 Å². The molecule has 1 amide bonds. The zero-order valence-electron chi connectivity index (χ0n) is 14.7. The van der Waals surface area contributed by atoms with Crippen molar-refractivity contribution >= 4 is 11.9 Å². The number of nitrogens with one attached hydrogen (secondary N) is 1. The minimum atomic E-state index is -1.07. The number of carboxylic acid groups (broad SMARTS) is 1. The first-order valence-corrected chi connectivity index (χ1v) is 8.47. The highest BCUT2D eigenvalue weighted by atomic mass is 16.4. The molecule has 0 radical (unpaired) electrons. The summed E-state index contributed by atoms with van der Waals surface area (Å²) < 4.78 is 0. The summed E-state index contributed by atoms with van der Waals surface area (Å²) >= 11 is 0. The number of carbonyl (C=O) groups excluding carboxylic acids is 1. The normalized spacial score (nSPS) is 24.1. The number of nitrogens with zero attached hydrogens (tertiary/aromatic N) is 1. The smallest absolute Gasteiger partial charge is 0.335 e.